The Balaban J connectivity index is 1.83. The lowest BCUT2D eigenvalue weighted by Crippen LogP contribution is -2.41. The van der Waals surface area contributed by atoms with E-state index in [0.717, 1.165) is 16.7 Å². The van der Waals surface area contributed by atoms with Crippen LogP contribution in [0.25, 0.3) is 0 Å². The third-order valence-electron chi connectivity index (χ3n) is 5.74. The molecule has 1 atom stereocenters. The van der Waals surface area contributed by atoms with Crippen LogP contribution in [0, 0.1) is 0 Å². The van der Waals surface area contributed by atoms with Gasteiger partial charge in [-0.2, -0.15) is 0 Å². The van der Waals surface area contributed by atoms with Gasteiger partial charge in [0.25, 0.3) is 0 Å². The van der Waals surface area contributed by atoms with E-state index in [2.05, 4.69) is 0 Å². The molecule has 1 aliphatic heterocycles. The smallest absolute Gasteiger partial charge is 0.338 e. The molecule has 0 N–H and O–H groups in total. The topological polar surface area (TPSA) is 65.1 Å². The molecule has 1 amide bonds. The van der Waals surface area contributed by atoms with Crippen molar-refractivity contribution in [3.63, 3.8) is 0 Å². The number of anilines is 1. The number of rotatable bonds is 8. The lowest BCUT2D eigenvalue weighted by Gasteiger charge is -2.38. The molecular formula is C28H29NO5. The fourth-order valence-electron chi connectivity index (χ4n) is 4.32. The summed E-state index contributed by atoms with van der Waals surface area (Å²) in [6.07, 6.45) is 0.241. The number of amides is 1. The van der Waals surface area contributed by atoms with Crippen LogP contribution < -0.4 is 14.4 Å². The van der Waals surface area contributed by atoms with Crippen molar-refractivity contribution < 1.29 is 23.8 Å². The van der Waals surface area contributed by atoms with Gasteiger partial charge in [0.2, 0.25) is 5.91 Å². The summed E-state index contributed by atoms with van der Waals surface area (Å²) in [5.41, 5.74) is 4.06. The van der Waals surface area contributed by atoms with Gasteiger partial charge in [-0.05, 0) is 73.9 Å². The Morgan fingerprint density at radius 3 is 2.15 bits per heavy atom. The Kier molecular flexibility index (Phi) is 7.16. The zero-order valence-corrected chi connectivity index (χ0v) is 19.7. The quantitative estimate of drug-likeness (QED) is 0.426. The first-order valence-electron chi connectivity index (χ1n) is 11.6. The van der Waals surface area contributed by atoms with Crippen LogP contribution in [0.4, 0.5) is 5.69 Å². The SMILES string of the molecule is CCOC(=O)c1ccc(N2C(=O)Cc3cc(OCC)c(OCC)cc3[C@@H]2c2ccccc2)cc1. The van der Waals surface area contributed by atoms with E-state index in [-0.39, 0.29) is 24.3 Å². The molecule has 0 aromatic heterocycles. The van der Waals surface area contributed by atoms with Gasteiger partial charge in [-0.15, -0.1) is 0 Å². The fraction of sp³-hybridized carbons (Fsp3) is 0.286. The van der Waals surface area contributed by atoms with Crippen LogP contribution >= 0.6 is 0 Å². The lowest BCUT2D eigenvalue weighted by molar-refractivity contribution is -0.118. The van der Waals surface area contributed by atoms with E-state index in [9.17, 15) is 9.59 Å². The summed E-state index contributed by atoms with van der Waals surface area (Å²) < 4.78 is 16.8. The van der Waals surface area contributed by atoms with Crippen LogP contribution in [-0.2, 0) is 16.0 Å². The highest BCUT2D eigenvalue weighted by Gasteiger charge is 2.36. The Morgan fingerprint density at radius 1 is 0.882 bits per heavy atom. The van der Waals surface area contributed by atoms with Crippen molar-refractivity contribution in [3.8, 4) is 11.5 Å². The third-order valence-corrected chi connectivity index (χ3v) is 5.74. The predicted octanol–water partition coefficient (Wildman–Crippen LogP) is 5.34. The molecule has 3 aromatic carbocycles. The molecule has 0 saturated heterocycles. The van der Waals surface area contributed by atoms with Gasteiger partial charge < -0.3 is 19.1 Å². The second-order valence-corrected chi connectivity index (χ2v) is 7.88. The standard InChI is InChI=1S/C28H29NO5/c1-4-32-24-16-21-17-26(30)29(22-14-12-20(13-15-22)28(31)34-6-3)27(19-10-8-7-9-11-19)23(21)18-25(24)33-5-2/h7-16,18,27H,4-6,17H2,1-3H3/t27-/m0/s1. The normalized spacial score (nSPS) is 15.0. The molecule has 6 heteroatoms. The maximum absolute atomic E-state index is 13.5. The molecule has 6 nitrogen and oxygen atoms in total. The molecule has 1 aliphatic rings. The summed E-state index contributed by atoms with van der Waals surface area (Å²) in [6.45, 7) is 6.96. The average molecular weight is 460 g/mol. The van der Waals surface area contributed by atoms with Crippen LogP contribution in [0.2, 0.25) is 0 Å². The predicted molar refractivity (Wildman–Crippen MR) is 131 cm³/mol. The van der Waals surface area contributed by atoms with E-state index in [4.69, 9.17) is 14.2 Å². The van der Waals surface area contributed by atoms with Gasteiger partial charge in [0, 0.05) is 5.69 Å². The van der Waals surface area contributed by atoms with E-state index in [0.29, 0.717) is 42.6 Å². The average Bonchev–Trinajstić information content (AvgIpc) is 2.85. The van der Waals surface area contributed by atoms with Crippen molar-refractivity contribution in [1.82, 2.24) is 0 Å². The minimum absolute atomic E-state index is 0.0307. The molecule has 34 heavy (non-hydrogen) atoms. The van der Waals surface area contributed by atoms with Crippen molar-refractivity contribution >= 4 is 17.6 Å². The van der Waals surface area contributed by atoms with Gasteiger partial charge in [-0.1, -0.05) is 30.3 Å². The number of carbonyl (C=O) groups is 2. The summed E-state index contributed by atoms with van der Waals surface area (Å²) >= 11 is 0. The summed E-state index contributed by atoms with van der Waals surface area (Å²) in [6, 6.07) is 20.5. The Labute approximate surface area is 200 Å². The maximum Gasteiger partial charge on any atom is 0.338 e. The molecule has 0 aliphatic carbocycles. The molecule has 4 rings (SSSR count). The van der Waals surface area contributed by atoms with Gasteiger partial charge in [0.05, 0.1) is 37.8 Å². The van der Waals surface area contributed by atoms with E-state index in [1.54, 1.807) is 36.1 Å². The molecular weight excluding hydrogens is 430 g/mol. The number of hydrogen-bond donors (Lipinski definition) is 0. The third kappa shape index (κ3) is 4.62. The number of fused-ring (bicyclic) bond motifs is 1. The van der Waals surface area contributed by atoms with E-state index >= 15 is 0 Å². The molecule has 0 radical (unpaired) electrons. The van der Waals surface area contributed by atoms with Crippen molar-refractivity contribution in [2.24, 2.45) is 0 Å². The monoisotopic (exact) mass is 459 g/mol. The first-order chi connectivity index (χ1) is 16.6. The zero-order valence-electron chi connectivity index (χ0n) is 19.7. The van der Waals surface area contributed by atoms with Crippen LogP contribution in [0.3, 0.4) is 0 Å². The highest BCUT2D eigenvalue weighted by atomic mass is 16.5. The minimum Gasteiger partial charge on any atom is -0.490 e. The molecule has 0 bridgehead atoms. The second kappa shape index (κ2) is 10.4. The van der Waals surface area contributed by atoms with Crippen molar-refractivity contribution in [1.29, 1.82) is 0 Å². The molecule has 0 spiro atoms. The van der Waals surface area contributed by atoms with Crippen LogP contribution in [0.5, 0.6) is 11.5 Å². The maximum atomic E-state index is 13.5. The lowest BCUT2D eigenvalue weighted by atomic mass is 9.86. The van der Waals surface area contributed by atoms with Gasteiger partial charge in [0.1, 0.15) is 0 Å². The summed E-state index contributed by atoms with van der Waals surface area (Å²) in [5.74, 6) is 0.900. The number of esters is 1. The Bertz CT molecular complexity index is 1160. The van der Waals surface area contributed by atoms with Crippen LogP contribution in [-0.4, -0.2) is 31.7 Å². The van der Waals surface area contributed by atoms with E-state index in [1.807, 2.05) is 56.3 Å². The number of nitrogens with zero attached hydrogens (tertiary/aromatic N) is 1. The number of carbonyl (C=O) groups excluding carboxylic acids is 2. The summed E-state index contributed by atoms with van der Waals surface area (Å²) in [5, 5.41) is 0. The van der Waals surface area contributed by atoms with Gasteiger partial charge >= 0.3 is 5.97 Å². The summed E-state index contributed by atoms with van der Waals surface area (Å²) in [4.78, 5) is 27.4. The molecule has 0 saturated carbocycles. The van der Waals surface area contributed by atoms with Gasteiger partial charge in [-0.3, -0.25) is 4.79 Å². The molecule has 1 heterocycles. The van der Waals surface area contributed by atoms with E-state index < -0.39 is 0 Å². The summed E-state index contributed by atoms with van der Waals surface area (Å²) in [7, 11) is 0. The van der Waals surface area contributed by atoms with Gasteiger partial charge in [-0.25, -0.2) is 4.79 Å². The zero-order chi connectivity index (χ0) is 24.1. The van der Waals surface area contributed by atoms with E-state index in [1.165, 1.54) is 0 Å². The van der Waals surface area contributed by atoms with Crippen molar-refractivity contribution in [2.75, 3.05) is 24.7 Å². The molecule has 0 fully saturated rings. The van der Waals surface area contributed by atoms with Crippen molar-refractivity contribution in [2.45, 2.75) is 33.2 Å². The molecule has 176 valence electrons. The number of benzene rings is 3. The molecule has 0 unspecified atom stereocenters. The Hall–Kier alpha value is -3.80. The minimum atomic E-state index is -0.381. The highest BCUT2D eigenvalue weighted by molar-refractivity contribution is 5.99. The first kappa shape index (κ1) is 23.4. The second-order valence-electron chi connectivity index (χ2n) is 7.88. The van der Waals surface area contributed by atoms with Crippen LogP contribution in [0.1, 0.15) is 53.9 Å². The number of hydrogen-bond acceptors (Lipinski definition) is 5. The van der Waals surface area contributed by atoms with Crippen molar-refractivity contribution in [3.05, 3.63) is 89.0 Å². The highest BCUT2D eigenvalue weighted by Crippen LogP contribution is 2.43. The van der Waals surface area contributed by atoms with Gasteiger partial charge in [0.15, 0.2) is 11.5 Å². The number of ether oxygens (including phenoxy) is 3. The fourth-order valence-corrected chi connectivity index (χ4v) is 4.32. The Morgan fingerprint density at radius 2 is 1.53 bits per heavy atom. The molecule has 3 aromatic rings. The largest absolute Gasteiger partial charge is 0.490 e. The van der Waals surface area contributed by atoms with Crippen LogP contribution in [0.15, 0.2) is 66.7 Å². The first-order valence-corrected chi connectivity index (χ1v) is 11.6.